The molecular weight excluding hydrogens is 263 g/mol. The fraction of sp³-hybridized carbons (Fsp3) is 0.375. The number of aromatic nitrogens is 2. The van der Waals surface area contributed by atoms with E-state index in [1.165, 1.54) is 0 Å². The van der Waals surface area contributed by atoms with E-state index in [-0.39, 0.29) is 11.2 Å². The normalized spacial score (nSPS) is 19.7. The van der Waals surface area contributed by atoms with Gasteiger partial charge in [0.25, 0.3) is 0 Å². The summed E-state index contributed by atoms with van der Waals surface area (Å²) in [5, 5.41) is 0. The number of hydrogen-bond donors (Lipinski definition) is 0. The summed E-state index contributed by atoms with van der Waals surface area (Å²) in [6.07, 6.45) is 3.52. The Morgan fingerprint density at radius 3 is 2.14 bits per heavy atom. The van der Waals surface area contributed by atoms with Crippen LogP contribution in [0, 0.1) is 0 Å². The van der Waals surface area contributed by atoms with Gasteiger partial charge in [0.1, 0.15) is 0 Å². The zero-order valence-electron chi connectivity index (χ0n) is 12.8. The van der Waals surface area contributed by atoms with Crippen molar-refractivity contribution in [1.82, 2.24) is 9.97 Å². The van der Waals surface area contributed by atoms with Crippen LogP contribution in [0.15, 0.2) is 42.7 Å². The lowest BCUT2D eigenvalue weighted by Crippen LogP contribution is -2.41. The van der Waals surface area contributed by atoms with Crippen molar-refractivity contribution in [1.29, 1.82) is 0 Å². The van der Waals surface area contributed by atoms with Crippen LogP contribution in [0.4, 0.5) is 0 Å². The molecule has 0 bridgehead atoms. The minimum absolute atomic E-state index is 0.366. The number of pyridine rings is 2. The maximum absolute atomic E-state index is 6.12. The van der Waals surface area contributed by atoms with Gasteiger partial charge in [-0.25, -0.2) is 0 Å². The lowest BCUT2D eigenvalue weighted by atomic mass is 9.77. The van der Waals surface area contributed by atoms with Crippen molar-refractivity contribution < 1.29 is 9.31 Å². The van der Waals surface area contributed by atoms with E-state index in [4.69, 9.17) is 9.31 Å². The third kappa shape index (κ3) is 2.47. The molecule has 0 unspecified atom stereocenters. The second-order valence-corrected chi connectivity index (χ2v) is 6.24. The van der Waals surface area contributed by atoms with Crippen LogP contribution < -0.4 is 5.46 Å². The summed E-state index contributed by atoms with van der Waals surface area (Å²) in [6, 6.07) is 9.66. The molecular formula is C16H19BN2O2. The molecule has 3 rings (SSSR count). The van der Waals surface area contributed by atoms with Crippen LogP contribution in [0.2, 0.25) is 0 Å². The number of nitrogens with zero attached hydrogens (tertiary/aromatic N) is 2. The van der Waals surface area contributed by atoms with Crippen molar-refractivity contribution >= 4 is 12.6 Å². The molecule has 2 aromatic rings. The van der Waals surface area contributed by atoms with Crippen molar-refractivity contribution in [2.45, 2.75) is 38.9 Å². The molecule has 0 aliphatic carbocycles. The average Bonchev–Trinajstić information content (AvgIpc) is 2.68. The molecule has 108 valence electrons. The minimum Gasteiger partial charge on any atom is -0.399 e. The molecule has 0 amide bonds. The van der Waals surface area contributed by atoms with Gasteiger partial charge in [0.15, 0.2) is 0 Å². The summed E-state index contributed by atoms with van der Waals surface area (Å²) in [7, 11) is -0.430. The summed E-state index contributed by atoms with van der Waals surface area (Å²) in [4.78, 5) is 8.85. The highest BCUT2D eigenvalue weighted by atomic mass is 16.7. The van der Waals surface area contributed by atoms with Gasteiger partial charge in [-0.15, -0.1) is 0 Å². The lowest BCUT2D eigenvalue weighted by Gasteiger charge is -2.32. The Hall–Kier alpha value is -1.72. The van der Waals surface area contributed by atoms with Crippen LogP contribution in [0.1, 0.15) is 27.7 Å². The highest BCUT2D eigenvalue weighted by Gasteiger charge is 2.52. The Labute approximate surface area is 125 Å². The molecule has 0 atom stereocenters. The first kappa shape index (κ1) is 14.2. The van der Waals surface area contributed by atoms with Crippen LogP contribution in [-0.2, 0) is 9.31 Å². The van der Waals surface area contributed by atoms with E-state index < -0.39 is 7.12 Å². The fourth-order valence-electron chi connectivity index (χ4n) is 2.29. The van der Waals surface area contributed by atoms with Gasteiger partial charge in [-0.2, -0.15) is 0 Å². The molecule has 2 aromatic heterocycles. The van der Waals surface area contributed by atoms with Crippen LogP contribution in [-0.4, -0.2) is 28.3 Å². The molecule has 1 aliphatic rings. The highest BCUT2D eigenvalue weighted by Crippen LogP contribution is 2.37. The maximum atomic E-state index is 6.12. The van der Waals surface area contributed by atoms with Crippen molar-refractivity contribution in [2.24, 2.45) is 0 Å². The smallest absolute Gasteiger partial charge is 0.399 e. The van der Waals surface area contributed by atoms with Crippen LogP contribution in [0.3, 0.4) is 0 Å². The van der Waals surface area contributed by atoms with E-state index in [9.17, 15) is 0 Å². The Kier molecular flexibility index (Phi) is 3.34. The maximum Gasteiger partial charge on any atom is 0.497 e. The third-order valence-electron chi connectivity index (χ3n) is 4.25. The SMILES string of the molecule is CC1(C)OB(c2cccnc2-c2ccccn2)OC1(C)C. The second-order valence-electron chi connectivity index (χ2n) is 6.24. The van der Waals surface area contributed by atoms with Gasteiger partial charge in [0.05, 0.1) is 22.6 Å². The zero-order valence-corrected chi connectivity index (χ0v) is 12.8. The molecule has 21 heavy (non-hydrogen) atoms. The number of rotatable bonds is 2. The summed E-state index contributed by atoms with van der Waals surface area (Å²) in [6.45, 7) is 8.18. The van der Waals surface area contributed by atoms with Crippen molar-refractivity contribution in [3.05, 3.63) is 42.7 Å². The van der Waals surface area contributed by atoms with E-state index >= 15 is 0 Å². The molecule has 0 N–H and O–H groups in total. The number of hydrogen-bond acceptors (Lipinski definition) is 4. The lowest BCUT2D eigenvalue weighted by molar-refractivity contribution is 0.00578. The Morgan fingerprint density at radius 1 is 0.857 bits per heavy atom. The first-order valence-electron chi connectivity index (χ1n) is 7.13. The summed E-state index contributed by atoms with van der Waals surface area (Å²) < 4.78 is 12.2. The molecule has 0 radical (unpaired) electrons. The first-order valence-corrected chi connectivity index (χ1v) is 7.13. The fourth-order valence-corrected chi connectivity index (χ4v) is 2.29. The first-order chi connectivity index (χ1) is 9.91. The standard InChI is InChI=1S/C16H19BN2O2/c1-15(2)16(3,4)21-17(20-15)12-8-7-11-19-14(12)13-9-5-6-10-18-13/h5-11H,1-4H3. The second kappa shape index (κ2) is 4.93. The average molecular weight is 282 g/mol. The van der Waals surface area contributed by atoms with Crippen LogP contribution in [0.5, 0.6) is 0 Å². The molecule has 4 nitrogen and oxygen atoms in total. The Morgan fingerprint density at radius 2 is 1.52 bits per heavy atom. The van der Waals surface area contributed by atoms with E-state index in [0.29, 0.717) is 0 Å². The Bertz CT molecular complexity index is 628. The monoisotopic (exact) mass is 282 g/mol. The molecule has 0 saturated carbocycles. The van der Waals surface area contributed by atoms with Gasteiger partial charge >= 0.3 is 7.12 Å². The van der Waals surface area contributed by atoms with E-state index in [2.05, 4.69) is 9.97 Å². The topological polar surface area (TPSA) is 44.2 Å². The molecule has 0 spiro atoms. The molecule has 5 heteroatoms. The summed E-state index contributed by atoms with van der Waals surface area (Å²) >= 11 is 0. The minimum atomic E-state index is -0.430. The third-order valence-corrected chi connectivity index (χ3v) is 4.25. The molecule has 1 saturated heterocycles. The van der Waals surface area contributed by atoms with Crippen molar-refractivity contribution in [3.63, 3.8) is 0 Å². The predicted molar refractivity (Wildman–Crippen MR) is 83.2 cm³/mol. The van der Waals surface area contributed by atoms with Crippen molar-refractivity contribution in [3.8, 4) is 11.4 Å². The quantitative estimate of drug-likeness (QED) is 0.794. The van der Waals surface area contributed by atoms with E-state index in [0.717, 1.165) is 16.9 Å². The molecule has 1 aliphatic heterocycles. The molecule has 1 fully saturated rings. The van der Waals surface area contributed by atoms with Gasteiger partial charge in [0, 0.05) is 17.9 Å². The highest BCUT2D eigenvalue weighted by molar-refractivity contribution is 6.63. The summed E-state index contributed by atoms with van der Waals surface area (Å²) in [5.41, 5.74) is 1.80. The zero-order chi connectivity index (χ0) is 15.1. The predicted octanol–water partition coefficient (Wildman–Crippen LogP) is 2.44. The van der Waals surface area contributed by atoms with E-state index in [1.807, 2.05) is 58.0 Å². The Balaban J connectivity index is 2.02. The largest absolute Gasteiger partial charge is 0.497 e. The molecule has 0 aromatic carbocycles. The van der Waals surface area contributed by atoms with Gasteiger partial charge in [-0.05, 0) is 45.9 Å². The summed E-state index contributed by atoms with van der Waals surface area (Å²) in [5.74, 6) is 0. The van der Waals surface area contributed by atoms with Gasteiger partial charge < -0.3 is 9.31 Å². The van der Waals surface area contributed by atoms with Gasteiger partial charge in [-0.3, -0.25) is 9.97 Å². The van der Waals surface area contributed by atoms with Gasteiger partial charge in [-0.1, -0.05) is 12.1 Å². The van der Waals surface area contributed by atoms with E-state index in [1.54, 1.807) is 12.4 Å². The van der Waals surface area contributed by atoms with Gasteiger partial charge in [0.2, 0.25) is 0 Å². The van der Waals surface area contributed by atoms with Crippen LogP contribution in [0.25, 0.3) is 11.4 Å². The van der Waals surface area contributed by atoms with Crippen molar-refractivity contribution in [2.75, 3.05) is 0 Å². The molecule has 3 heterocycles. The van der Waals surface area contributed by atoms with Crippen LogP contribution >= 0.6 is 0 Å².